The van der Waals surface area contributed by atoms with E-state index in [1.165, 1.54) is 0 Å². The van der Waals surface area contributed by atoms with Crippen LogP contribution in [0.1, 0.15) is 41.3 Å². The van der Waals surface area contributed by atoms with Crippen LogP contribution in [-0.4, -0.2) is 61.0 Å². The summed E-state index contributed by atoms with van der Waals surface area (Å²) in [7, 11) is 2.09. The fraction of sp³-hybridized carbons (Fsp3) is 0.455. The number of aldehydes is 1. The van der Waals surface area contributed by atoms with Gasteiger partial charge in [-0.25, -0.2) is 0 Å². The molecule has 1 unspecified atom stereocenters. The van der Waals surface area contributed by atoms with Crippen LogP contribution in [0.15, 0.2) is 18.2 Å². The van der Waals surface area contributed by atoms with Crippen molar-refractivity contribution < 1.29 is 14.3 Å². The molecule has 0 radical (unpaired) electrons. The summed E-state index contributed by atoms with van der Waals surface area (Å²) < 4.78 is 11.0. The lowest BCUT2D eigenvalue weighted by molar-refractivity contribution is 0.0227. The molecule has 1 fully saturated rings. The predicted molar refractivity (Wildman–Crippen MR) is 114 cm³/mol. The molecule has 0 aliphatic carbocycles. The Kier molecular flexibility index (Phi) is 7.33. The number of likely N-dealkylation sites (N-methyl/N-ethyl adjacent to an activating group) is 1. The third kappa shape index (κ3) is 4.93. The SMILES string of the molecule is CCOCOc1cc(C=O)ccc1-c1nnc(NC2CCCN(C)C2)c(C#N)c1C. The van der Waals surface area contributed by atoms with Crippen LogP contribution in [0.4, 0.5) is 5.82 Å². The third-order valence-corrected chi connectivity index (χ3v) is 5.19. The number of carbonyl (C=O) groups excluding carboxylic acids is 1. The molecule has 1 aliphatic heterocycles. The van der Waals surface area contributed by atoms with Gasteiger partial charge >= 0.3 is 0 Å². The number of carbonyl (C=O) groups is 1. The minimum atomic E-state index is 0.0538. The molecule has 2 aromatic rings. The van der Waals surface area contributed by atoms with Gasteiger partial charge in [0.05, 0.1) is 0 Å². The smallest absolute Gasteiger partial charge is 0.189 e. The van der Waals surface area contributed by atoms with E-state index in [1.807, 2.05) is 13.8 Å². The number of anilines is 1. The number of nitrogens with one attached hydrogen (secondary N) is 1. The summed E-state index contributed by atoms with van der Waals surface area (Å²) >= 11 is 0. The van der Waals surface area contributed by atoms with Crippen molar-refractivity contribution in [3.05, 3.63) is 34.9 Å². The van der Waals surface area contributed by atoms with E-state index in [4.69, 9.17) is 9.47 Å². The minimum Gasteiger partial charge on any atom is -0.467 e. The monoisotopic (exact) mass is 409 g/mol. The number of piperidine rings is 1. The van der Waals surface area contributed by atoms with Crippen LogP contribution in [0.3, 0.4) is 0 Å². The number of nitrogens with zero attached hydrogens (tertiary/aromatic N) is 4. The maximum atomic E-state index is 11.2. The zero-order valence-corrected chi connectivity index (χ0v) is 17.6. The molecule has 0 saturated carbocycles. The molecule has 1 atom stereocenters. The van der Waals surface area contributed by atoms with Gasteiger partial charge < -0.3 is 19.7 Å². The Morgan fingerprint density at radius 3 is 2.93 bits per heavy atom. The summed E-state index contributed by atoms with van der Waals surface area (Å²) in [5.41, 5.74) is 2.85. The number of ether oxygens (including phenoxy) is 2. The summed E-state index contributed by atoms with van der Waals surface area (Å²) in [5, 5.41) is 21.9. The van der Waals surface area contributed by atoms with Crippen molar-refractivity contribution in [1.29, 1.82) is 5.26 Å². The van der Waals surface area contributed by atoms with E-state index in [0.29, 0.717) is 46.1 Å². The van der Waals surface area contributed by atoms with Gasteiger partial charge in [0.1, 0.15) is 29.4 Å². The Hall–Kier alpha value is -3.02. The van der Waals surface area contributed by atoms with Crippen molar-refractivity contribution in [2.45, 2.75) is 32.7 Å². The highest BCUT2D eigenvalue weighted by atomic mass is 16.7. The van der Waals surface area contributed by atoms with E-state index in [-0.39, 0.29) is 12.8 Å². The lowest BCUT2D eigenvalue weighted by atomic mass is 10.0. The van der Waals surface area contributed by atoms with E-state index < -0.39 is 0 Å². The quantitative estimate of drug-likeness (QED) is 0.403. The first kappa shape index (κ1) is 21.7. The predicted octanol–water partition coefficient (Wildman–Crippen LogP) is 3.02. The van der Waals surface area contributed by atoms with Crippen LogP contribution in [0.25, 0.3) is 11.3 Å². The topological polar surface area (TPSA) is 100 Å². The Labute approximate surface area is 176 Å². The molecule has 0 spiro atoms. The molecule has 1 aromatic carbocycles. The third-order valence-electron chi connectivity index (χ3n) is 5.19. The number of likely N-dealkylation sites (tertiary alicyclic amines) is 1. The van der Waals surface area contributed by atoms with Crippen molar-refractivity contribution in [3.63, 3.8) is 0 Å². The standard InChI is InChI=1S/C22H27N5O3/c1-4-29-14-30-20-10-16(13-28)7-8-18(20)21-15(2)19(11-23)22(26-25-21)24-17-6-5-9-27(3)12-17/h7-8,10,13,17H,4-6,9,12,14H2,1-3H3,(H,24,26). The van der Waals surface area contributed by atoms with Gasteiger partial charge in [0.25, 0.3) is 0 Å². The molecule has 158 valence electrons. The van der Waals surface area contributed by atoms with Gasteiger partial charge in [-0.2, -0.15) is 5.26 Å². The van der Waals surface area contributed by atoms with Crippen LogP contribution >= 0.6 is 0 Å². The Balaban J connectivity index is 1.95. The number of aromatic nitrogens is 2. The highest BCUT2D eigenvalue weighted by Crippen LogP contribution is 2.34. The molecule has 3 rings (SSSR count). The summed E-state index contributed by atoms with van der Waals surface area (Å²) in [5.74, 6) is 0.962. The van der Waals surface area contributed by atoms with Crippen LogP contribution in [0, 0.1) is 18.3 Å². The molecule has 1 aliphatic rings. The normalized spacial score (nSPS) is 16.7. The molecular weight excluding hydrogens is 382 g/mol. The summed E-state index contributed by atoms with van der Waals surface area (Å²) in [6.45, 7) is 6.26. The van der Waals surface area contributed by atoms with Crippen molar-refractivity contribution in [2.24, 2.45) is 0 Å². The first-order valence-electron chi connectivity index (χ1n) is 10.1. The molecule has 8 nitrogen and oxygen atoms in total. The highest BCUT2D eigenvalue weighted by Gasteiger charge is 2.22. The van der Waals surface area contributed by atoms with Crippen LogP contribution in [0.2, 0.25) is 0 Å². The first-order chi connectivity index (χ1) is 14.6. The van der Waals surface area contributed by atoms with E-state index in [9.17, 15) is 10.1 Å². The van der Waals surface area contributed by atoms with E-state index in [1.54, 1.807) is 18.2 Å². The number of benzene rings is 1. The van der Waals surface area contributed by atoms with Gasteiger partial charge in [0.15, 0.2) is 12.6 Å². The molecule has 8 heteroatoms. The van der Waals surface area contributed by atoms with Crippen molar-refractivity contribution in [1.82, 2.24) is 15.1 Å². The van der Waals surface area contributed by atoms with Crippen LogP contribution in [-0.2, 0) is 4.74 Å². The first-order valence-corrected chi connectivity index (χ1v) is 10.1. The highest BCUT2D eigenvalue weighted by molar-refractivity contribution is 5.81. The van der Waals surface area contributed by atoms with Crippen LogP contribution in [0.5, 0.6) is 5.75 Å². The van der Waals surface area contributed by atoms with E-state index in [0.717, 1.165) is 32.2 Å². The van der Waals surface area contributed by atoms with Gasteiger partial charge in [-0.3, -0.25) is 4.79 Å². The number of hydrogen-bond donors (Lipinski definition) is 1. The van der Waals surface area contributed by atoms with Gasteiger partial charge in [0.2, 0.25) is 0 Å². The summed E-state index contributed by atoms with van der Waals surface area (Å²) in [6, 6.07) is 7.58. The maximum absolute atomic E-state index is 11.2. The lowest BCUT2D eigenvalue weighted by Crippen LogP contribution is -2.40. The minimum absolute atomic E-state index is 0.0538. The average molecular weight is 409 g/mol. The van der Waals surface area contributed by atoms with Crippen molar-refractivity contribution in [3.8, 4) is 23.1 Å². The molecule has 1 saturated heterocycles. The Bertz CT molecular complexity index is 941. The van der Waals surface area contributed by atoms with Gasteiger partial charge in [-0.05, 0) is 58.0 Å². The fourth-order valence-electron chi connectivity index (χ4n) is 3.61. The molecule has 0 bridgehead atoms. The van der Waals surface area contributed by atoms with Gasteiger partial charge in [-0.1, -0.05) is 6.07 Å². The second kappa shape index (κ2) is 10.1. The number of hydrogen-bond acceptors (Lipinski definition) is 8. The van der Waals surface area contributed by atoms with Gasteiger partial charge in [0, 0.05) is 30.3 Å². The molecule has 1 N–H and O–H groups in total. The number of nitriles is 1. The molecular formula is C22H27N5O3. The second-order valence-electron chi connectivity index (χ2n) is 7.38. The fourth-order valence-corrected chi connectivity index (χ4v) is 3.61. The largest absolute Gasteiger partial charge is 0.467 e. The van der Waals surface area contributed by atoms with Crippen LogP contribution < -0.4 is 10.1 Å². The lowest BCUT2D eigenvalue weighted by Gasteiger charge is -2.30. The zero-order valence-electron chi connectivity index (χ0n) is 17.6. The maximum Gasteiger partial charge on any atom is 0.189 e. The average Bonchev–Trinajstić information content (AvgIpc) is 2.74. The molecule has 1 aromatic heterocycles. The molecule has 2 heterocycles. The molecule has 0 amide bonds. The second-order valence-corrected chi connectivity index (χ2v) is 7.38. The Morgan fingerprint density at radius 2 is 2.23 bits per heavy atom. The van der Waals surface area contributed by atoms with E-state index >= 15 is 0 Å². The van der Waals surface area contributed by atoms with E-state index in [2.05, 4.69) is 33.5 Å². The van der Waals surface area contributed by atoms with Crippen molar-refractivity contribution >= 4 is 12.1 Å². The summed E-state index contributed by atoms with van der Waals surface area (Å²) in [4.78, 5) is 13.5. The molecule has 30 heavy (non-hydrogen) atoms. The zero-order chi connectivity index (χ0) is 21.5. The number of rotatable bonds is 8. The Morgan fingerprint density at radius 1 is 1.40 bits per heavy atom. The van der Waals surface area contributed by atoms with Crippen molar-refractivity contribution in [2.75, 3.05) is 38.9 Å². The van der Waals surface area contributed by atoms with Gasteiger partial charge in [-0.15, -0.1) is 10.2 Å². The summed E-state index contributed by atoms with van der Waals surface area (Å²) in [6.07, 6.45) is 2.88.